The molecular weight excluding hydrogens is 306 g/mol. The van der Waals surface area contributed by atoms with Gasteiger partial charge in [-0.1, -0.05) is 0 Å². The first-order valence-corrected chi connectivity index (χ1v) is 8.00. The first kappa shape index (κ1) is 16.4. The Morgan fingerprint density at radius 1 is 1.38 bits per heavy atom. The van der Waals surface area contributed by atoms with Gasteiger partial charge in [-0.15, -0.1) is 0 Å². The van der Waals surface area contributed by atoms with Gasteiger partial charge in [0.1, 0.15) is 11.8 Å². The minimum Gasteiger partial charge on any atom is -0.378 e. The molecule has 1 aliphatic rings. The van der Waals surface area contributed by atoms with E-state index < -0.39 is 0 Å². The van der Waals surface area contributed by atoms with Crippen molar-refractivity contribution in [2.45, 2.75) is 13.0 Å². The van der Waals surface area contributed by atoms with Crippen LogP contribution in [0.4, 0.5) is 5.69 Å². The summed E-state index contributed by atoms with van der Waals surface area (Å²) in [6.45, 7) is 3.54. The summed E-state index contributed by atoms with van der Waals surface area (Å²) < 4.78 is 7.48. The van der Waals surface area contributed by atoms with Gasteiger partial charge in [-0.25, -0.2) is 0 Å². The molecule has 2 aromatic rings. The maximum atomic E-state index is 12.7. The highest BCUT2D eigenvalue weighted by Gasteiger charge is 2.28. The fraction of sp³-hybridized carbons (Fsp3) is 0.471. The predicted octanol–water partition coefficient (Wildman–Crippen LogP) is 1.40. The summed E-state index contributed by atoms with van der Waals surface area (Å²) in [6, 6.07) is 5.79. The van der Waals surface area contributed by atoms with Crippen molar-refractivity contribution in [3.8, 4) is 0 Å². The van der Waals surface area contributed by atoms with Crippen LogP contribution in [0.5, 0.6) is 0 Å². The van der Waals surface area contributed by atoms with E-state index in [1.807, 2.05) is 43.0 Å². The van der Waals surface area contributed by atoms with E-state index in [-0.39, 0.29) is 12.0 Å². The average molecular weight is 329 g/mol. The summed E-state index contributed by atoms with van der Waals surface area (Å²) in [4.78, 5) is 21.1. The average Bonchev–Trinajstić information content (AvgIpc) is 2.99. The molecule has 1 unspecified atom stereocenters. The molecule has 7 heteroatoms. The van der Waals surface area contributed by atoms with Crippen molar-refractivity contribution < 1.29 is 9.53 Å². The van der Waals surface area contributed by atoms with Gasteiger partial charge >= 0.3 is 0 Å². The molecule has 0 radical (unpaired) electrons. The number of hydrogen-bond donors (Lipinski definition) is 0. The largest absolute Gasteiger partial charge is 0.378 e. The molecule has 2 aromatic heterocycles. The standard InChI is InChI=1S/C17H23N5O2/c1-12-9-13(20(2)3)10-14(19-12)16-11-22(7-8-24-16)17(23)15-5-6-18-21(15)4/h5-6,9-10,16H,7-8,11H2,1-4H3. The molecule has 0 spiro atoms. The molecule has 1 atom stereocenters. The molecule has 0 bridgehead atoms. The second-order valence-electron chi connectivity index (χ2n) is 6.24. The lowest BCUT2D eigenvalue weighted by Crippen LogP contribution is -2.43. The quantitative estimate of drug-likeness (QED) is 0.852. The molecule has 3 rings (SSSR count). The van der Waals surface area contributed by atoms with Gasteiger partial charge in [-0.05, 0) is 25.1 Å². The highest BCUT2D eigenvalue weighted by Crippen LogP contribution is 2.25. The topological polar surface area (TPSA) is 63.5 Å². The monoisotopic (exact) mass is 329 g/mol. The summed E-state index contributed by atoms with van der Waals surface area (Å²) in [7, 11) is 5.77. The van der Waals surface area contributed by atoms with Gasteiger partial charge in [0, 0.05) is 45.3 Å². The Kier molecular flexibility index (Phi) is 4.53. The number of morpholine rings is 1. The normalized spacial score (nSPS) is 17.8. The van der Waals surface area contributed by atoms with Crippen LogP contribution in [0, 0.1) is 6.92 Å². The van der Waals surface area contributed by atoms with Gasteiger partial charge in [0.25, 0.3) is 5.91 Å². The van der Waals surface area contributed by atoms with E-state index in [4.69, 9.17) is 4.74 Å². The number of hydrogen-bond acceptors (Lipinski definition) is 5. The number of nitrogens with zero attached hydrogens (tertiary/aromatic N) is 5. The second kappa shape index (κ2) is 6.60. The molecular formula is C17H23N5O2. The SMILES string of the molecule is Cc1cc(N(C)C)cc(C2CN(C(=O)c3ccnn3C)CCO2)n1. The van der Waals surface area contributed by atoms with E-state index in [0.29, 0.717) is 25.4 Å². The maximum absolute atomic E-state index is 12.7. The van der Waals surface area contributed by atoms with E-state index in [9.17, 15) is 4.79 Å². The summed E-state index contributed by atoms with van der Waals surface area (Å²) >= 11 is 0. The minimum atomic E-state index is -0.213. The third kappa shape index (κ3) is 3.26. The van der Waals surface area contributed by atoms with Gasteiger partial charge < -0.3 is 14.5 Å². The number of aromatic nitrogens is 3. The van der Waals surface area contributed by atoms with E-state index >= 15 is 0 Å². The molecule has 1 amide bonds. The Balaban J connectivity index is 1.81. The maximum Gasteiger partial charge on any atom is 0.272 e. The van der Waals surface area contributed by atoms with Crippen LogP contribution in [0.2, 0.25) is 0 Å². The van der Waals surface area contributed by atoms with Crippen molar-refractivity contribution in [2.75, 3.05) is 38.7 Å². The van der Waals surface area contributed by atoms with Crippen LogP contribution in [0.3, 0.4) is 0 Å². The molecule has 3 heterocycles. The van der Waals surface area contributed by atoms with Crippen LogP contribution in [-0.4, -0.2) is 59.4 Å². The highest BCUT2D eigenvalue weighted by molar-refractivity contribution is 5.92. The van der Waals surface area contributed by atoms with Crippen molar-refractivity contribution in [1.82, 2.24) is 19.7 Å². The van der Waals surface area contributed by atoms with Gasteiger partial charge in [0.2, 0.25) is 0 Å². The van der Waals surface area contributed by atoms with Gasteiger partial charge in [-0.3, -0.25) is 14.5 Å². The number of carbonyl (C=O) groups excluding carboxylic acids is 1. The van der Waals surface area contributed by atoms with Gasteiger partial charge in [0.15, 0.2) is 0 Å². The van der Waals surface area contributed by atoms with E-state index in [2.05, 4.69) is 10.1 Å². The van der Waals surface area contributed by atoms with Crippen molar-refractivity contribution in [1.29, 1.82) is 0 Å². The Morgan fingerprint density at radius 3 is 2.83 bits per heavy atom. The minimum absolute atomic E-state index is 0.0243. The number of ether oxygens (including phenoxy) is 1. The summed E-state index contributed by atoms with van der Waals surface area (Å²) in [5.41, 5.74) is 3.47. The summed E-state index contributed by atoms with van der Waals surface area (Å²) in [5, 5.41) is 4.07. The van der Waals surface area contributed by atoms with Crippen molar-refractivity contribution in [2.24, 2.45) is 7.05 Å². The third-order valence-corrected chi connectivity index (χ3v) is 4.20. The molecule has 128 valence electrons. The smallest absolute Gasteiger partial charge is 0.272 e. The lowest BCUT2D eigenvalue weighted by atomic mass is 10.1. The zero-order chi connectivity index (χ0) is 17.3. The number of aryl methyl sites for hydroxylation is 2. The molecule has 7 nitrogen and oxygen atoms in total. The Labute approximate surface area is 141 Å². The first-order chi connectivity index (χ1) is 11.5. The van der Waals surface area contributed by atoms with Gasteiger partial charge in [-0.2, -0.15) is 5.10 Å². The number of carbonyl (C=O) groups is 1. The van der Waals surface area contributed by atoms with E-state index in [1.54, 1.807) is 24.0 Å². The van der Waals surface area contributed by atoms with Crippen molar-refractivity contribution in [3.63, 3.8) is 0 Å². The number of rotatable bonds is 3. The predicted molar refractivity (Wildman–Crippen MR) is 91.1 cm³/mol. The molecule has 0 aliphatic carbocycles. The van der Waals surface area contributed by atoms with E-state index in [0.717, 1.165) is 17.1 Å². The number of amides is 1. The van der Waals surface area contributed by atoms with Crippen LogP contribution in [0.1, 0.15) is 28.0 Å². The van der Waals surface area contributed by atoms with Crippen molar-refractivity contribution in [3.05, 3.63) is 41.5 Å². The van der Waals surface area contributed by atoms with Crippen LogP contribution in [0.25, 0.3) is 0 Å². The van der Waals surface area contributed by atoms with Gasteiger partial charge in [0.05, 0.1) is 18.8 Å². The summed E-state index contributed by atoms with van der Waals surface area (Å²) in [5.74, 6) is -0.0243. The fourth-order valence-corrected chi connectivity index (χ4v) is 2.86. The molecule has 0 saturated carbocycles. The Hall–Kier alpha value is -2.41. The second-order valence-corrected chi connectivity index (χ2v) is 6.24. The third-order valence-electron chi connectivity index (χ3n) is 4.20. The van der Waals surface area contributed by atoms with E-state index in [1.165, 1.54) is 0 Å². The molecule has 24 heavy (non-hydrogen) atoms. The lowest BCUT2D eigenvalue weighted by Gasteiger charge is -2.33. The Morgan fingerprint density at radius 2 is 2.17 bits per heavy atom. The molecule has 1 saturated heterocycles. The summed E-state index contributed by atoms with van der Waals surface area (Å²) in [6.07, 6.45) is 1.42. The van der Waals surface area contributed by atoms with Crippen LogP contribution >= 0.6 is 0 Å². The van der Waals surface area contributed by atoms with Crippen molar-refractivity contribution >= 4 is 11.6 Å². The van der Waals surface area contributed by atoms with Crippen LogP contribution in [0.15, 0.2) is 24.4 Å². The van der Waals surface area contributed by atoms with Crippen LogP contribution < -0.4 is 4.90 Å². The first-order valence-electron chi connectivity index (χ1n) is 8.00. The lowest BCUT2D eigenvalue weighted by molar-refractivity contribution is -0.0251. The molecule has 1 fully saturated rings. The fourth-order valence-electron chi connectivity index (χ4n) is 2.86. The number of anilines is 1. The van der Waals surface area contributed by atoms with Crippen LogP contribution in [-0.2, 0) is 11.8 Å². The molecule has 1 aliphatic heterocycles. The Bertz CT molecular complexity index is 740. The molecule has 0 aromatic carbocycles. The highest BCUT2D eigenvalue weighted by atomic mass is 16.5. The molecule has 0 N–H and O–H groups in total. The number of pyridine rings is 1. The zero-order valence-corrected chi connectivity index (χ0v) is 14.6. The zero-order valence-electron chi connectivity index (χ0n) is 14.6.